The van der Waals surface area contributed by atoms with Crippen LogP contribution in [0.25, 0.3) is 0 Å². The van der Waals surface area contributed by atoms with Crippen molar-refractivity contribution in [2.24, 2.45) is 0 Å². The molecule has 1 unspecified atom stereocenters. The number of hydrogen-bond donors (Lipinski definition) is 0. The van der Waals surface area contributed by atoms with Crippen LogP contribution in [-0.4, -0.2) is 16.4 Å². The molecule has 0 amide bonds. The zero-order chi connectivity index (χ0) is 9.26. The van der Waals surface area contributed by atoms with Crippen molar-refractivity contribution in [3.05, 3.63) is 16.4 Å². The molecule has 72 valence electrons. The van der Waals surface area contributed by atoms with E-state index < -0.39 is 0 Å². The van der Waals surface area contributed by atoms with Gasteiger partial charge in [-0.25, -0.2) is 4.68 Å². The van der Waals surface area contributed by atoms with Crippen molar-refractivity contribution in [1.82, 2.24) is 9.78 Å². The molecule has 0 spiro atoms. The van der Waals surface area contributed by atoms with E-state index in [1.54, 1.807) is 0 Å². The Balaban J connectivity index is 2.18. The van der Waals surface area contributed by atoms with Gasteiger partial charge in [-0.05, 0) is 48.2 Å². The van der Waals surface area contributed by atoms with Crippen molar-refractivity contribution >= 4 is 15.9 Å². The lowest BCUT2D eigenvalue weighted by molar-refractivity contribution is -0.0410. The number of nitrogens with zero attached hydrogens (tertiary/aromatic N) is 2. The SMILES string of the molecule is Cc1cc(Br)n(C2CCCCO2)n1. The van der Waals surface area contributed by atoms with E-state index in [-0.39, 0.29) is 6.23 Å². The average Bonchev–Trinajstić information content (AvgIpc) is 2.47. The van der Waals surface area contributed by atoms with Gasteiger partial charge < -0.3 is 4.74 Å². The van der Waals surface area contributed by atoms with Gasteiger partial charge in [0.25, 0.3) is 0 Å². The molecule has 4 heteroatoms. The second kappa shape index (κ2) is 3.80. The van der Waals surface area contributed by atoms with E-state index in [0.717, 1.165) is 23.3 Å². The highest BCUT2D eigenvalue weighted by molar-refractivity contribution is 9.10. The predicted molar refractivity (Wildman–Crippen MR) is 53.5 cm³/mol. The highest BCUT2D eigenvalue weighted by Gasteiger charge is 2.18. The van der Waals surface area contributed by atoms with E-state index in [0.29, 0.717) is 0 Å². The first-order valence-electron chi connectivity index (χ1n) is 4.60. The molecule has 1 aromatic rings. The fraction of sp³-hybridized carbons (Fsp3) is 0.667. The number of aryl methyl sites for hydroxylation is 1. The second-order valence-corrected chi connectivity index (χ2v) is 4.19. The summed E-state index contributed by atoms with van der Waals surface area (Å²) in [6.45, 7) is 2.85. The van der Waals surface area contributed by atoms with Crippen LogP contribution in [0, 0.1) is 6.92 Å². The molecule has 0 bridgehead atoms. The first-order chi connectivity index (χ1) is 6.27. The number of ether oxygens (including phenoxy) is 1. The molecule has 1 fully saturated rings. The number of hydrogen-bond acceptors (Lipinski definition) is 2. The van der Waals surface area contributed by atoms with Crippen LogP contribution < -0.4 is 0 Å². The van der Waals surface area contributed by atoms with Crippen LogP contribution in [-0.2, 0) is 4.74 Å². The van der Waals surface area contributed by atoms with Gasteiger partial charge in [0.05, 0.1) is 5.69 Å². The standard InChI is InChI=1S/C9H13BrN2O/c1-7-6-8(10)12(11-7)9-4-2-3-5-13-9/h6,9H,2-5H2,1H3. The summed E-state index contributed by atoms with van der Waals surface area (Å²) in [5.74, 6) is 0. The quantitative estimate of drug-likeness (QED) is 0.760. The van der Waals surface area contributed by atoms with E-state index in [1.807, 2.05) is 17.7 Å². The van der Waals surface area contributed by atoms with Gasteiger partial charge in [0.1, 0.15) is 4.60 Å². The van der Waals surface area contributed by atoms with E-state index in [4.69, 9.17) is 4.74 Å². The van der Waals surface area contributed by atoms with Crippen LogP contribution in [0.1, 0.15) is 31.2 Å². The molecule has 0 saturated carbocycles. The maximum Gasteiger partial charge on any atom is 0.151 e. The van der Waals surface area contributed by atoms with Crippen LogP contribution in [0.15, 0.2) is 10.7 Å². The number of halogens is 1. The van der Waals surface area contributed by atoms with E-state index in [9.17, 15) is 0 Å². The predicted octanol–water partition coefficient (Wildman–Crippen LogP) is 2.65. The fourth-order valence-electron chi connectivity index (χ4n) is 1.60. The molecule has 0 radical (unpaired) electrons. The summed E-state index contributed by atoms with van der Waals surface area (Å²) >= 11 is 3.47. The summed E-state index contributed by atoms with van der Waals surface area (Å²) < 4.78 is 8.56. The monoisotopic (exact) mass is 244 g/mol. The van der Waals surface area contributed by atoms with Gasteiger partial charge >= 0.3 is 0 Å². The number of aromatic nitrogens is 2. The summed E-state index contributed by atoms with van der Waals surface area (Å²) in [6.07, 6.45) is 3.61. The Morgan fingerprint density at radius 1 is 1.62 bits per heavy atom. The van der Waals surface area contributed by atoms with Crippen molar-refractivity contribution in [2.45, 2.75) is 32.4 Å². The first-order valence-corrected chi connectivity index (χ1v) is 5.40. The minimum Gasteiger partial charge on any atom is -0.356 e. The van der Waals surface area contributed by atoms with E-state index >= 15 is 0 Å². The van der Waals surface area contributed by atoms with Gasteiger partial charge in [-0.2, -0.15) is 5.10 Å². The Hall–Kier alpha value is -0.350. The van der Waals surface area contributed by atoms with Crippen LogP contribution in [0.5, 0.6) is 0 Å². The molecule has 0 N–H and O–H groups in total. The summed E-state index contributed by atoms with van der Waals surface area (Å²) in [5.41, 5.74) is 1.03. The molecule has 1 aliphatic rings. The van der Waals surface area contributed by atoms with Crippen molar-refractivity contribution in [3.63, 3.8) is 0 Å². The third kappa shape index (κ3) is 1.94. The molecule has 2 rings (SSSR count). The molecule has 13 heavy (non-hydrogen) atoms. The third-order valence-electron chi connectivity index (χ3n) is 2.24. The summed E-state index contributed by atoms with van der Waals surface area (Å²) in [5, 5.41) is 4.38. The first kappa shape index (κ1) is 9.21. The molecule has 0 aliphatic carbocycles. The van der Waals surface area contributed by atoms with Gasteiger partial charge in [0.15, 0.2) is 6.23 Å². The average molecular weight is 245 g/mol. The Morgan fingerprint density at radius 3 is 3.00 bits per heavy atom. The Kier molecular flexibility index (Phi) is 2.69. The highest BCUT2D eigenvalue weighted by atomic mass is 79.9. The van der Waals surface area contributed by atoms with Gasteiger partial charge in [-0.1, -0.05) is 0 Å². The molecule has 0 aromatic carbocycles. The molecule has 1 saturated heterocycles. The lowest BCUT2D eigenvalue weighted by Crippen LogP contribution is -2.19. The summed E-state index contributed by atoms with van der Waals surface area (Å²) in [6, 6.07) is 2.01. The Labute approximate surface area is 86.2 Å². The Morgan fingerprint density at radius 2 is 2.46 bits per heavy atom. The second-order valence-electron chi connectivity index (χ2n) is 3.37. The van der Waals surface area contributed by atoms with Crippen LogP contribution in [0.3, 0.4) is 0 Å². The Bertz CT molecular complexity index is 292. The van der Waals surface area contributed by atoms with Crippen LogP contribution >= 0.6 is 15.9 Å². The smallest absolute Gasteiger partial charge is 0.151 e. The minimum absolute atomic E-state index is 0.136. The van der Waals surface area contributed by atoms with Crippen molar-refractivity contribution in [2.75, 3.05) is 6.61 Å². The number of rotatable bonds is 1. The summed E-state index contributed by atoms with van der Waals surface area (Å²) in [7, 11) is 0. The van der Waals surface area contributed by atoms with Crippen molar-refractivity contribution in [1.29, 1.82) is 0 Å². The maximum atomic E-state index is 5.63. The van der Waals surface area contributed by atoms with E-state index in [1.165, 1.54) is 12.8 Å². The van der Waals surface area contributed by atoms with Gasteiger partial charge in [0.2, 0.25) is 0 Å². The zero-order valence-electron chi connectivity index (χ0n) is 7.66. The van der Waals surface area contributed by atoms with Gasteiger partial charge in [-0.15, -0.1) is 0 Å². The molecule has 1 aliphatic heterocycles. The molecule has 2 heterocycles. The molecule has 1 aromatic heterocycles. The lowest BCUT2D eigenvalue weighted by atomic mass is 10.2. The highest BCUT2D eigenvalue weighted by Crippen LogP contribution is 2.25. The van der Waals surface area contributed by atoms with E-state index in [2.05, 4.69) is 21.0 Å². The molecular weight excluding hydrogens is 232 g/mol. The molecular formula is C9H13BrN2O. The van der Waals surface area contributed by atoms with Crippen LogP contribution in [0.4, 0.5) is 0 Å². The van der Waals surface area contributed by atoms with Crippen molar-refractivity contribution < 1.29 is 4.74 Å². The van der Waals surface area contributed by atoms with Gasteiger partial charge in [-0.3, -0.25) is 0 Å². The fourth-order valence-corrected chi connectivity index (χ4v) is 2.24. The normalized spacial score (nSPS) is 23.4. The third-order valence-corrected chi connectivity index (χ3v) is 2.83. The lowest BCUT2D eigenvalue weighted by Gasteiger charge is -2.23. The zero-order valence-corrected chi connectivity index (χ0v) is 9.25. The minimum atomic E-state index is 0.136. The summed E-state index contributed by atoms with van der Waals surface area (Å²) in [4.78, 5) is 0. The molecule has 3 nitrogen and oxygen atoms in total. The topological polar surface area (TPSA) is 27.1 Å². The molecule has 1 atom stereocenters. The maximum absolute atomic E-state index is 5.63. The van der Waals surface area contributed by atoms with Crippen molar-refractivity contribution in [3.8, 4) is 0 Å². The van der Waals surface area contributed by atoms with Crippen LogP contribution in [0.2, 0.25) is 0 Å². The largest absolute Gasteiger partial charge is 0.356 e. The van der Waals surface area contributed by atoms with Gasteiger partial charge in [0, 0.05) is 6.61 Å².